The summed E-state index contributed by atoms with van der Waals surface area (Å²) in [6.45, 7) is 1.88. The van der Waals surface area contributed by atoms with E-state index < -0.39 is 9.84 Å². The van der Waals surface area contributed by atoms with Gasteiger partial charge in [0.2, 0.25) is 9.84 Å². The monoisotopic (exact) mass is 317 g/mol. The number of nitrogens with zero attached hydrogens (tertiary/aromatic N) is 1. The highest BCUT2D eigenvalue weighted by atomic mass is 32.2. The third-order valence-corrected chi connectivity index (χ3v) is 5.96. The number of rotatable bonds is 3. The Balaban J connectivity index is 1.95. The number of hydrogen-bond donors (Lipinski definition) is 1. The van der Waals surface area contributed by atoms with Crippen LogP contribution in [0.1, 0.15) is 17.9 Å². The fourth-order valence-corrected chi connectivity index (χ4v) is 4.26. The van der Waals surface area contributed by atoms with Gasteiger partial charge in [0.25, 0.3) is 0 Å². The lowest BCUT2D eigenvalue weighted by Crippen LogP contribution is -2.13. The second-order valence-corrected chi connectivity index (χ2v) is 7.73. The van der Waals surface area contributed by atoms with E-state index in [9.17, 15) is 13.5 Å². The minimum absolute atomic E-state index is 0.0670. The van der Waals surface area contributed by atoms with Gasteiger partial charge in [-0.1, -0.05) is 24.3 Å². The molecule has 22 heavy (non-hydrogen) atoms. The van der Waals surface area contributed by atoms with E-state index in [2.05, 4.69) is 4.90 Å². The molecule has 0 aromatic heterocycles. The highest BCUT2D eigenvalue weighted by molar-refractivity contribution is 7.91. The first-order valence-electron chi connectivity index (χ1n) is 7.30. The van der Waals surface area contributed by atoms with Crippen molar-refractivity contribution in [3.05, 3.63) is 54.1 Å². The van der Waals surface area contributed by atoms with Crippen LogP contribution in [0.15, 0.2) is 58.3 Å². The maximum atomic E-state index is 12.6. The van der Waals surface area contributed by atoms with Crippen LogP contribution in [0.2, 0.25) is 0 Å². The van der Waals surface area contributed by atoms with Gasteiger partial charge in [-0.25, -0.2) is 8.42 Å². The van der Waals surface area contributed by atoms with E-state index in [-0.39, 0.29) is 21.5 Å². The Kier molecular flexibility index (Phi) is 3.93. The largest absolute Gasteiger partial charge is 0.508 e. The average molecular weight is 317 g/mol. The standard InChI is InChI=1S/C17H19NO3S/c1-18-10-9-13(12-18)16-8-7-15(11-17(16)19)22(20,21)14-5-3-2-4-6-14/h2-8,11,13,19H,9-10,12H2,1H3/t13-/m1/s1. The Hall–Kier alpha value is -1.85. The predicted octanol–water partition coefficient (Wildman–Crippen LogP) is 2.64. The van der Waals surface area contributed by atoms with Crippen LogP contribution >= 0.6 is 0 Å². The van der Waals surface area contributed by atoms with Gasteiger partial charge in [0.1, 0.15) is 5.75 Å². The summed E-state index contributed by atoms with van der Waals surface area (Å²) in [5, 5.41) is 10.3. The quantitative estimate of drug-likeness (QED) is 0.945. The number of benzene rings is 2. The lowest BCUT2D eigenvalue weighted by atomic mass is 9.97. The summed E-state index contributed by atoms with van der Waals surface area (Å²) < 4.78 is 25.1. The van der Waals surface area contributed by atoms with E-state index in [1.54, 1.807) is 42.5 Å². The third kappa shape index (κ3) is 2.74. The molecule has 0 spiro atoms. The van der Waals surface area contributed by atoms with Gasteiger partial charge in [0, 0.05) is 12.5 Å². The highest BCUT2D eigenvalue weighted by Gasteiger charge is 2.25. The second-order valence-electron chi connectivity index (χ2n) is 5.78. The van der Waals surface area contributed by atoms with E-state index in [1.165, 1.54) is 6.07 Å². The van der Waals surface area contributed by atoms with Gasteiger partial charge < -0.3 is 10.0 Å². The van der Waals surface area contributed by atoms with Crippen molar-refractivity contribution in [2.24, 2.45) is 0 Å². The van der Waals surface area contributed by atoms with Gasteiger partial charge in [-0.15, -0.1) is 0 Å². The number of aromatic hydroxyl groups is 1. The summed E-state index contributed by atoms with van der Waals surface area (Å²) in [6, 6.07) is 13.0. The number of likely N-dealkylation sites (N-methyl/N-ethyl adjacent to an activating group) is 1. The number of sulfone groups is 1. The predicted molar refractivity (Wildman–Crippen MR) is 84.9 cm³/mol. The molecule has 116 valence electrons. The van der Waals surface area contributed by atoms with Crippen LogP contribution in [-0.4, -0.2) is 38.6 Å². The zero-order chi connectivity index (χ0) is 15.7. The molecule has 4 nitrogen and oxygen atoms in total. The molecule has 3 rings (SSSR count). The Morgan fingerprint density at radius 2 is 1.82 bits per heavy atom. The lowest BCUT2D eigenvalue weighted by Gasteiger charge is -2.14. The van der Waals surface area contributed by atoms with Crippen molar-refractivity contribution in [1.82, 2.24) is 4.90 Å². The molecule has 1 aliphatic heterocycles. The first-order chi connectivity index (χ1) is 10.5. The normalized spacial score (nSPS) is 19.4. The fourth-order valence-electron chi connectivity index (χ4n) is 2.96. The summed E-state index contributed by atoms with van der Waals surface area (Å²) in [6.07, 6.45) is 0.981. The molecule has 1 atom stereocenters. The van der Waals surface area contributed by atoms with Gasteiger partial charge in [-0.3, -0.25) is 0 Å². The van der Waals surface area contributed by atoms with Crippen molar-refractivity contribution in [2.75, 3.05) is 20.1 Å². The van der Waals surface area contributed by atoms with Crippen LogP contribution < -0.4 is 0 Å². The van der Waals surface area contributed by atoms with Gasteiger partial charge in [-0.2, -0.15) is 0 Å². The van der Waals surface area contributed by atoms with Crippen molar-refractivity contribution in [2.45, 2.75) is 22.1 Å². The van der Waals surface area contributed by atoms with Crippen LogP contribution in [0, 0.1) is 0 Å². The number of likely N-dealkylation sites (tertiary alicyclic amines) is 1. The van der Waals surface area contributed by atoms with Crippen molar-refractivity contribution in [1.29, 1.82) is 0 Å². The summed E-state index contributed by atoms with van der Waals surface area (Å²) in [7, 11) is -1.54. The Morgan fingerprint density at radius 3 is 2.41 bits per heavy atom. The van der Waals surface area contributed by atoms with Crippen LogP contribution in [-0.2, 0) is 9.84 Å². The molecule has 1 saturated heterocycles. The number of phenols is 1. The Morgan fingerprint density at radius 1 is 1.09 bits per heavy atom. The lowest BCUT2D eigenvalue weighted by molar-refractivity contribution is 0.407. The Bertz CT molecular complexity index is 772. The molecule has 2 aromatic rings. The van der Waals surface area contributed by atoms with E-state index in [0.29, 0.717) is 0 Å². The number of phenolic OH excluding ortho intramolecular Hbond substituents is 1. The fraction of sp³-hybridized carbons (Fsp3) is 0.294. The SMILES string of the molecule is CN1CC[C@@H](c2ccc(S(=O)(=O)c3ccccc3)cc2O)C1. The summed E-state index contributed by atoms with van der Waals surface area (Å²) in [5.74, 6) is 0.329. The maximum Gasteiger partial charge on any atom is 0.206 e. The molecule has 0 saturated carbocycles. The van der Waals surface area contributed by atoms with E-state index in [1.807, 2.05) is 7.05 Å². The van der Waals surface area contributed by atoms with Crippen LogP contribution in [0.3, 0.4) is 0 Å². The molecule has 0 unspecified atom stereocenters. The summed E-state index contributed by atoms with van der Waals surface area (Å²) in [4.78, 5) is 2.58. The second kappa shape index (κ2) is 5.74. The van der Waals surface area contributed by atoms with Crippen molar-refractivity contribution in [3.63, 3.8) is 0 Å². The minimum Gasteiger partial charge on any atom is -0.508 e. The third-order valence-electron chi connectivity index (χ3n) is 4.20. The van der Waals surface area contributed by atoms with Gasteiger partial charge in [-0.05, 0) is 49.8 Å². The molecule has 0 aliphatic carbocycles. The summed E-state index contributed by atoms with van der Waals surface area (Å²) in [5.41, 5.74) is 0.830. The molecule has 1 aliphatic rings. The first-order valence-corrected chi connectivity index (χ1v) is 8.78. The summed E-state index contributed by atoms with van der Waals surface area (Å²) >= 11 is 0. The van der Waals surface area contributed by atoms with Gasteiger partial charge >= 0.3 is 0 Å². The average Bonchev–Trinajstić information content (AvgIpc) is 2.94. The van der Waals surface area contributed by atoms with E-state index in [0.717, 1.165) is 25.1 Å². The van der Waals surface area contributed by atoms with Crippen LogP contribution in [0.4, 0.5) is 0 Å². The highest BCUT2D eigenvalue weighted by Crippen LogP contribution is 2.34. The van der Waals surface area contributed by atoms with Crippen LogP contribution in [0.25, 0.3) is 0 Å². The molecule has 1 heterocycles. The molecule has 1 N–H and O–H groups in total. The zero-order valence-corrected chi connectivity index (χ0v) is 13.3. The molecular formula is C17H19NO3S. The topological polar surface area (TPSA) is 57.6 Å². The molecular weight excluding hydrogens is 298 g/mol. The molecule has 2 aromatic carbocycles. The number of hydrogen-bond acceptors (Lipinski definition) is 4. The van der Waals surface area contributed by atoms with E-state index >= 15 is 0 Å². The van der Waals surface area contributed by atoms with Gasteiger partial charge in [0.15, 0.2) is 0 Å². The molecule has 0 radical (unpaired) electrons. The first kappa shape index (κ1) is 15.1. The van der Waals surface area contributed by atoms with E-state index in [4.69, 9.17) is 0 Å². The molecule has 0 amide bonds. The van der Waals surface area contributed by atoms with Crippen LogP contribution in [0.5, 0.6) is 5.75 Å². The van der Waals surface area contributed by atoms with Crippen molar-refractivity contribution >= 4 is 9.84 Å². The van der Waals surface area contributed by atoms with Crippen molar-refractivity contribution in [3.8, 4) is 5.75 Å². The maximum absolute atomic E-state index is 12.6. The smallest absolute Gasteiger partial charge is 0.206 e. The molecule has 5 heteroatoms. The molecule has 0 bridgehead atoms. The zero-order valence-electron chi connectivity index (χ0n) is 12.4. The Labute approximate surface area is 130 Å². The molecule has 1 fully saturated rings. The van der Waals surface area contributed by atoms with Crippen molar-refractivity contribution < 1.29 is 13.5 Å². The minimum atomic E-state index is -3.58. The van der Waals surface area contributed by atoms with Gasteiger partial charge in [0.05, 0.1) is 9.79 Å².